The highest BCUT2D eigenvalue weighted by Gasteiger charge is 2.21. The second kappa shape index (κ2) is 6.48. The molecule has 0 aliphatic carbocycles. The quantitative estimate of drug-likeness (QED) is 0.876. The fourth-order valence-corrected chi connectivity index (χ4v) is 2.63. The smallest absolute Gasteiger partial charge is 0.0402 e. The van der Waals surface area contributed by atoms with Gasteiger partial charge in [0.1, 0.15) is 0 Å². The zero-order valence-corrected chi connectivity index (χ0v) is 11.9. The molecule has 2 heteroatoms. The summed E-state index contributed by atoms with van der Waals surface area (Å²) in [6.07, 6.45) is 3.09. The first-order chi connectivity index (χ1) is 9.26. The van der Waals surface area contributed by atoms with Crippen molar-refractivity contribution in [3.8, 4) is 0 Å². The summed E-state index contributed by atoms with van der Waals surface area (Å²) >= 11 is 0. The van der Waals surface area contributed by atoms with E-state index in [1.807, 2.05) is 20.2 Å². The SMILES string of the molecule is CCC(c1ccccc1)C(NC)c1ccc(C)nc1. The molecule has 1 heterocycles. The first kappa shape index (κ1) is 13.8. The Morgan fingerprint density at radius 1 is 1.05 bits per heavy atom. The van der Waals surface area contributed by atoms with Gasteiger partial charge in [-0.3, -0.25) is 4.98 Å². The van der Waals surface area contributed by atoms with Crippen LogP contribution in [0, 0.1) is 6.92 Å². The van der Waals surface area contributed by atoms with E-state index in [2.05, 4.69) is 59.7 Å². The van der Waals surface area contributed by atoms with E-state index in [1.54, 1.807) is 0 Å². The molecule has 0 aliphatic rings. The van der Waals surface area contributed by atoms with E-state index < -0.39 is 0 Å². The van der Waals surface area contributed by atoms with Gasteiger partial charge in [0.15, 0.2) is 0 Å². The van der Waals surface area contributed by atoms with E-state index in [0.717, 1.165) is 12.1 Å². The van der Waals surface area contributed by atoms with Gasteiger partial charge in [-0.2, -0.15) is 0 Å². The molecule has 0 saturated heterocycles. The first-order valence-electron chi connectivity index (χ1n) is 6.91. The van der Waals surface area contributed by atoms with Gasteiger partial charge in [-0.05, 0) is 37.6 Å². The Labute approximate surface area is 115 Å². The van der Waals surface area contributed by atoms with Gasteiger partial charge < -0.3 is 5.32 Å². The van der Waals surface area contributed by atoms with Gasteiger partial charge in [0.2, 0.25) is 0 Å². The van der Waals surface area contributed by atoms with Gasteiger partial charge in [-0.15, -0.1) is 0 Å². The van der Waals surface area contributed by atoms with Gasteiger partial charge in [0.25, 0.3) is 0 Å². The van der Waals surface area contributed by atoms with Crippen LogP contribution in [-0.2, 0) is 0 Å². The van der Waals surface area contributed by atoms with Crippen LogP contribution in [0.3, 0.4) is 0 Å². The Kier molecular flexibility index (Phi) is 4.69. The van der Waals surface area contributed by atoms with Crippen LogP contribution in [0.2, 0.25) is 0 Å². The van der Waals surface area contributed by atoms with E-state index in [9.17, 15) is 0 Å². The molecule has 1 aromatic heterocycles. The molecule has 100 valence electrons. The average Bonchev–Trinajstić information content (AvgIpc) is 2.47. The number of nitrogens with zero attached hydrogens (tertiary/aromatic N) is 1. The number of hydrogen-bond donors (Lipinski definition) is 1. The Balaban J connectivity index is 2.31. The van der Waals surface area contributed by atoms with E-state index in [1.165, 1.54) is 11.1 Å². The maximum Gasteiger partial charge on any atom is 0.0402 e. The van der Waals surface area contributed by atoms with E-state index in [-0.39, 0.29) is 0 Å². The molecule has 2 rings (SSSR count). The monoisotopic (exact) mass is 254 g/mol. The highest BCUT2D eigenvalue weighted by Crippen LogP contribution is 2.32. The number of hydrogen-bond acceptors (Lipinski definition) is 2. The molecule has 0 spiro atoms. The molecule has 1 aromatic carbocycles. The topological polar surface area (TPSA) is 24.9 Å². The van der Waals surface area contributed by atoms with Crippen LogP contribution in [0.1, 0.15) is 42.1 Å². The van der Waals surface area contributed by atoms with Crippen molar-refractivity contribution in [3.63, 3.8) is 0 Å². The molecular formula is C17H22N2. The molecule has 0 amide bonds. The van der Waals surface area contributed by atoms with Crippen LogP contribution in [0.5, 0.6) is 0 Å². The largest absolute Gasteiger partial charge is 0.312 e. The van der Waals surface area contributed by atoms with Gasteiger partial charge in [0.05, 0.1) is 0 Å². The number of benzene rings is 1. The summed E-state index contributed by atoms with van der Waals surface area (Å²) in [4.78, 5) is 4.42. The number of pyridine rings is 1. The third kappa shape index (κ3) is 3.21. The maximum atomic E-state index is 4.42. The van der Waals surface area contributed by atoms with Crippen LogP contribution in [0.4, 0.5) is 0 Å². The minimum absolute atomic E-state index is 0.306. The standard InChI is InChI=1S/C17H22N2/c1-4-16(14-8-6-5-7-9-14)17(18-3)15-11-10-13(2)19-12-15/h5-12,16-18H,4H2,1-3H3. The summed E-state index contributed by atoms with van der Waals surface area (Å²) in [7, 11) is 2.02. The normalized spacial score (nSPS) is 14.1. The summed E-state index contributed by atoms with van der Waals surface area (Å²) in [5.41, 5.74) is 3.69. The van der Waals surface area contributed by atoms with Crippen molar-refractivity contribution in [2.75, 3.05) is 7.05 Å². The summed E-state index contributed by atoms with van der Waals surface area (Å²) in [5.74, 6) is 0.468. The van der Waals surface area contributed by atoms with Crippen LogP contribution in [-0.4, -0.2) is 12.0 Å². The minimum Gasteiger partial charge on any atom is -0.312 e. The summed E-state index contributed by atoms with van der Waals surface area (Å²) in [6, 6.07) is 15.3. The predicted molar refractivity (Wildman–Crippen MR) is 80.2 cm³/mol. The lowest BCUT2D eigenvalue weighted by Crippen LogP contribution is -2.23. The zero-order valence-electron chi connectivity index (χ0n) is 11.9. The van der Waals surface area contributed by atoms with Crippen LogP contribution in [0.25, 0.3) is 0 Å². The van der Waals surface area contributed by atoms with Gasteiger partial charge in [-0.25, -0.2) is 0 Å². The molecule has 2 nitrogen and oxygen atoms in total. The van der Waals surface area contributed by atoms with E-state index in [4.69, 9.17) is 0 Å². The number of rotatable bonds is 5. The maximum absolute atomic E-state index is 4.42. The van der Waals surface area contributed by atoms with Gasteiger partial charge >= 0.3 is 0 Å². The molecule has 0 radical (unpaired) electrons. The Bertz CT molecular complexity index is 490. The highest BCUT2D eigenvalue weighted by molar-refractivity contribution is 5.27. The molecule has 2 atom stereocenters. The molecule has 1 N–H and O–H groups in total. The molecular weight excluding hydrogens is 232 g/mol. The number of nitrogens with one attached hydrogen (secondary N) is 1. The molecule has 0 aliphatic heterocycles. The van der Waals surface area contributed by atoms with Crippen LogP contribution in [0.15, 0.2) is 48.7 Å². The lowest BCUT2D eigenvalue weighted by Gasteiger charge is -2.26. The average molecular weight is 254 g/mol. The van der Waals surface area contributed by atoms with Crippen molar-refractivity contribution in [1.82, 2.24) is 10.3 Å². The Morgan fingerprint density at radius 2 is 1.79 bits per heavy atom. The summed E-state index contributed by atoms with van der Waals surface area (Å²) in [6.45, 7) is 4.26. The number of aryl methyl sites for hydroxylation is 1. The molecule has 19 heavy (non-hydrogen) atoms. The fraction of sp³-hybridized carbons (Fsp3) is 0.353. The lowest BCUT2D eigenvalue weighted by atomic mass is 9.86. The molecule has 0 fully saturated rings. The van der Waals surface area contributed by atoms with Crippen molar-refractivity contribution in [2.24, 2.45) is 0 Å². The third-order valence-corrected chi connectivity index (χ3v) is 3.67. The van der Waals surface area contributed by atoms with Crippen LogP contribution >= 0.6 is 0 Å². The third-order valence-electron chi connectivity index (χ3n) is 3.67. The first-order valence-corrected chi connectivity index (χ1v) is 6.91. The lowest BCUT2D eigenvalue weighted by molar-refractivity contribution is 0.467. The fourth-order valence-electron chi connectivity index (χ4n) is 2.63. The minimum atomic E-state index is 0.306. The van der Waals surface area contributed by atoms with Crippen LogP contribution < -0.4 is 5.32 Å². The number of aromatic nitrogens is 1. The van der Waals surface area contributed by atoms with Gasteiger partial charge in [-0.1, -0.05) is 43.3 Å². The predicted octanol–water partition coefficient (Wildman–Crippen LogP) is 3.84. The Morgan fingerprint density at radius 3 is 2.32 bits per heavy atom. The van der Waals surface area contributed by atoms with E-state index in [0.29, 0.717) is 12.0 Å². The second-order valence-corrected chi connectivity index (χ2v) is 4.92. The molecule has 0 saturated carbocycles. The van der Waals surface area contributed by atoms with Crippen molar-refractivity contribution in [2.45, 2.75) is 32.2 Å². The van der Waals surface area contributed by atoms with Crippen molar-refractivity contribution in [3.05, 3.63) is 65.5 Å². The van der Waals surface area contributed by atoms with Crippen molar-refractivity contribution in [1.29, 1.82) is 0 Å². The van der Waals surface area contributed by atoms with Crippen molar-refractivity contribution >= 4 is 0 Å². The van der Waals surface area contributed by atoms with E-state index >= 15 is 0 Å². The zero-order chi connectivity index (χ0) is 13.7. The second-order valence-electron chi connectivity index (χ2n) is 4.92. The summed E-state index contributed by atoms with van der Waals surface area (Å²) < 4.78 is 0. The van der Waals surface area contributed by atoms with Crippen molar-refractivity contribution < 1.29 is 0 Å². The molecule has 2 aromatic rings. The Hall–Kier alpha value is -1.67. The summed E-state index contributed by atoms with van der Waals surface area (Å²) in [5, 5.41) is 3.45. The molecule has 2 unspecified atom stereocenters. The van der Waals surface area contributed by atoms with Gasteiger partial charge in [0, 0.05) is 23.9 Å². The number of likely N-dealkylation sites (N-methyl/N-ethyl adjacent to an activating group) is 1. The highest BCUT2D eigenvalue weighted by atomic mass is 14.9. The molecule has 0 bridgehead atoms.